The molecule has 0 bridgehead atoms. The van der Waals surface area contributed by atoms with Crippen molar-refractivity contribution in [3.05, 3.63) is 23.8 Å². The molecule has 1 atom stereocenters. The summed E-state index contributed by atoms with van der Waals surface area (Å²) in [6.45, 7) is 0.545. The Morgan fingerprint density at radius 2 is 2.44 bits per heavy atom. The first kappa shape index (κ1) is 10.8. The van der Waals surface area contributed by atoms with Crippen LogP contribution < -0.4 is 9.47 Å². The summed E-state index contributed by atoms with van der Waals surface area (Å²) in [5.74, 6) is 0.883. The number of ether oxygens (including phenoxy) is 2. The number of rotatable bonds is 4. The Labute approximate surface area is 93.8 Å². The van der Waals surface area contributed by atoms with Crippen molar-refractivity contribution < 1.29 is 19.4 Å². The number of fused-ring (bicyclic) bond motifs is 1. The predicted molar refractivity (Wildman–Crippen MR) is 58.1 cm³/mol. The zero-order valence-electron chi connectivity index (χ0n) is 9.10. The number of carboxylic acid groups (broad SMARTS) is 1. The van der Waals surface area contributed by atoms with Gasteiger partial charge in [0.05, 0.1) is 13.7 Å². The van der Waals surface area contributed by atoms with Gasteiger partial charge in [0.1, 0.15) is 0 Å². The largest absolute Gasteiger partial charge is 0.493 e. The SMILES string of the molecule is COc1cccc2c1OCC2CCC(=O)O. The Kier molecular flexibility index (Phi) is 2.99. The van der Waals surface area contributed by atoms with Gasteiger partial charge in [-0.2, -0.15) is 0 Å². The molecule has 4 nitrogen and oxygen atoms in total. The molecule has 4 heteroatoms. The van der Waals surface area contributed by atoms with Crippen molar-refractivity contribution in [2.24, 2.45) is 0 Å². The Morgan fingerprint density at radius 1 is 1.62 bits per heavy atom. The van der Waals surface area contributed by atoms with Crippen molar-refractivity contribution in [2.75, 3.05) is 13.7 Å². The van der Waals surface area contributed by atoms with E-state index in [4.69, 9.17) is 14.6 Å². The molecule has 0 aromatic heterocycles. The highest BCUT2D eigenvalue weighted by Crippen LogP contribution is 2.42. The number of benzene rings is 1. The molecule has 1 unspecified atom stereocenters. The van der Waals surface area contributed by atoms with Crippen LogP contribution >= 0.6 is 0 Å². The zero-order chi connectivity index (χ0) is 11.5. The standard InChI is InChI=1S/C12H14O4/c1-15-10-4-2-3-9-8(5-6-11(13)14)7-16-12(9)10/h2-4,8H,5-7H2,1H3,(H,13,14). The molecule has 1 aliphatic rings. The third-order valence-electron chi connectivity index (χ3n) is 2.80. The number of methoxy groups -OCH3 is 1. The van der Waals surface area contributed by atoms with E-state index in [1.807, 2.05) is 18.2 Å². The summed E-state index contributed by atoms with van der Waals surface area (Å²) >= 11 is 0. The number of aliphatic carboxylic acids is 1. The molecule has 0 saturated carbocycles. The van der Waals surface area contributed by atoms with E-state index in [1.165, 1.54) is 0 Å². The lowest BCUT2D eigenvalue weighted by molar-refractivity contribution is -0.137. The van der Waals surface area contributed by atoms with Gasteiger partial charge in [-0.3, -0.25) is 4.79 Å². The Morgan fingerprint density at radius 3 is 3.12 bits per heavy atom. The molecule has 1 aromatic rings. The van der Waals surface area contributed by atoms with Crippen molar-refractivity contribution >= 4 is 5.97 Å². The van der Waals surface area contributed by atoms with Crippen LogP contribution in [0.4, 0.5) is 0 Å². The van der Waals surface area contributed by atoms with E-state index in [0.29, 0.717) is 13.0 Å². The van der Waals surface area contributed by atoms with Crippen LogP contribution in [0.1, 0.15) is 24.3 Å². The van der Waals surface area contributed by atoms with Crippen molar-refractivity contribution in [3.8, 4) is 11.5 Å². The summed E-state index contributed by atoms with van der Waals surface area (Å²) in [6.07, 6.45) is 0.778. The number of carbonyl (C=O) groups is 1. The van der Waals surface area contributed by atoms with Gasteiger partial charge in [0, 0.05) is 17.9 Å². The van der Waals surface area contributed by atoms with Gasteiger partial charge in [-0.25, -0.2) is 0 Å². The highest BCUT2D eigenvalue weighted by Gasteiger charge is 2.27. The molecule has 1 heterocycles. The molecular formula is C12H14O4. The van der Waals surface area contributed by atoms with Crippen molar-refractivity contribution in [3.63, 3.8) is 0 Å². The minimum absolute atomic E-state index is 0.168. The maximum absolute atomic E-state index is 10.5. The molecule has 0 fully saturated rings. The molecule has 0 radical (unpaired) electrons. The molecule has 0 amide bonds. The molecule has 2 rings (SSSR count). The van der Waals surface area contributed by atoms with Gasteiger partial charge >= 0.3 is 5.97 Å². The molecule has 1 aliphatic heterocycles. The van der Waals surface area contributed by atoms with Crippen LogP contribution in [-0.4, -0.2) is 24.8 Å². The number of carboxylic acids is 1. The van der Waals surface area contributed by atoms with Crippen LogP contribution in [0, 0.1) is 0 Å². The quantitative estimate of drug-likeness (QED) is 0.846. The maximum atomic E-state index is 10.5. The molecule has 0 spiro atoms. The Bertz CT molecular complexity index is 400. The number of hydrogen-bond acceptors (Lipinski definition) is 3. The van der Waals surface area contributed by atoms with Crippen LogP contribution in [0.15, 0.2) is 18.2 Å². The summed E-state index contributed by atoms with van der Waals surface area (Å²) in [5, 5.41) is 8.66. The topological polar surface area (TPSA) is 55.8 Å². The summed E-state index contributed by atoms with van der Waals surface area (Å²) in [5.41, 5.74) is 1.06. The summed E-state index contributed by atoms with van der Waals surface area (Å²) in [6, 6.07) is 5.72. The van der Waals surface area contributed by atoms with E-state index in [1.54, 1.807) is 7.11 Å². The van der Waals surface area contributed by atoms with Crippen LogP contribution in [0.3, 0.4) is 0 Å². The highest BCUT2D eigenvalue weighted by molar-refractivity contribution is 5.67. The smallest absolute Gasteiger partial charge is 0.303 e. The average Bonchev–Trinajstić information content (AvgIpc) is 2.69. The fourth-order valence-corrected chi connectivity index (χ4v) is 1.98. The second-order valence-electron chi connectivity index (χ2n) is 3.82. The first-order valence-electron chi connectivity index (χ1n) is 5.24. The monoisotopic (exact) mass is 222 g/mol. The Hall–Kier alpha value is -1.71. The van der Waals surface area contributed by atoms with E-state index in [-0.39, 0.29) is 12.3 Å². The van der Waals surface area contributed by atoms with Crippen LogP contribution in [0.25, 0.3) is 0 Å². The number of hydrogen-bond donors (Lipinski definition) is 1. The van der Waals surface area contributed by atoms with Gasteiger partial charge < -0.3 is 14.6 Å². The minimum atomic E-state index is -0.767. The van der Waals surface area contributed by atoms with Crippen LogP contribution in [0.5, 0.6) is 11.5 Å². The normalized spacial score (nSPS) is 17.7. The fraction of sp³-hybridized carbons (Fsp3) is 0.417. The van der Waals surface area contributed by atoms with Gasteiger partial charge in [-0.05, 0) is 12.5 Å². The van der Waals surface area contributed by atoms with E-state index >= 15 is 0 Å². The summed E-state index contributed by atoms with van der Waals surface area (Å²) < 4.78 is 10.7. The fourth-order valence-electron chi connectivity index (χ4n) is 1.98. The van der Waals surface area contributed by atoms with Crippen molar-refractivity contribution in [2.45, 2.75) is 18.8 Å². The summed E-state index contributed by atoms with van der Waals surface area (Å²) in [7, 11) is 1.60. The molecule has 0 saturated heterocycles. The van der Waals surface area contributed by atoms with Crippen LogP contribution in [0.2, 0.25) is 0 Å². The number of para-hydroxylation sites is 1. The highest BCUT2D eigenvalue weighted by atomic mass is 16.5. The zero-order valence-corrected chi connectivity index (χ0v) is 9.10. The van der Waals surface area contributed by atoms with E-state index in [2.05, 4.69) is 0 Å². The first-order chi connectivity index (χ1) is 7.72. The molecule has 1 N–H and O–H groups in total. The van der Waals surface area contributed by atoms with Gasteiger partial charge in [0.2, 0.25) is 0 Å². The van der Waals surface area contributed by atoms with Crippen molar-refractivity contribution in [1.29, 1.82) is 0 Å². The molecule has 0 aliphatic carbocycles. The molecule has 1 aromatic carbocycles. The lowest BCUT2D eigenvalue weighted by Gasteiger charge is -2.07. The third kappa shape index (κ3) is 1.96. The molecule has 16 heavy (non-hydrogen) atoms. The second-order valence-corrected chi connectivity index (χ2v) is 3.82. The summed E-state index contributed by atoms with van der Waals surface area (Å²) in [4.78, 5) is 10.5. The minimum Gasteiger partial charge on any atom is -0.493 e. The second kappa shape index (κ2) is 4.43. The predicted octanol–water partition coefficient (Wildman–Crippen LogP) is 2.04. The van der Waals surface area contributed by atoms with Gasteiger partial charge in [0.15, 0.2) is 11.5 Å². The van der Waals surface area contributed by atoms with Gasteiger partial charge in [-0.15, -0.1) is 0 Å². The van der Waals surface area contributed by atoms with Gasteiger partial charge in [0.25, 0.3) is 0 Å². The lowest BCUT2D eigenvalue weighted by Crippen LogP contribution is -2.04. The maximum Gasteiger partial charge on any atom is 0.303 e. The first-order valence-corrected chi connectivity index (χ1v) is 5.24. The molecular weight excluding hydrogens is 208 g/mol. The van der Waals surface area contributed by atoms with E-state index in [0.717, 1.165) is 17.1 Å². The third-order valence-corrected chi connectivity index (χ3v) is 2.80. The Balaban J connectivity index is 2.16. The van der Waals surface area contributed by atoms with E-state index in [9.17, 15) is 4.79 Å². The van der Waals surface area contributed by atoms with Crippen molar-refractivity contribution in [1.82, 2.24) is 0 Å². The van der Waals surface area contributed by atoms with E-state index < -0.39 is 5.97 Å². The lowest BCUT2D eigenvalue weighted by atomic mass is 9.96. The van der Waals surface area contributed by atoms with Gasteiger partial charge in [-0.1, -0.05) is 12.1 Å². The molecule has 86 valence electrons. The average molecular weight is 222 g/mol. The van der Waals surface area contributed by atoms with Crippen LogP contribution in [-0.2, 0) is 4.79 Å².